The topological polar surface area (TPSA) is 220 Å². The molecule has 304 valence electrons. The minimum atomic E-state index is -0.599. The third-order valence-corrected chi connectivity index (χ3v) is 10.6. The van der Waals surface area contributed by atoms with Gasteiger partial charge in [0.25, 0.3) is 0 Å². The normalized spacial score (nSPS) is 14.0. The molecule has 0 saturated carbocycles. The molecule has 0 bridgehead atoms. The van der Waals surface area contributed by atoms with Crippen LogP contribution in [0, 0.1) is 13.8 Å². The van der Waals surface area contributed by atoms with Crippen molar-refractivity contribution in [1.29, 1.82) is 0 Å². The van der Waals surface area contributed by atoms with E-state index >= 15 is 0 Å². The van der Waals surface area contributed by atoms with Gasteiger partial charge in [0, 0.05) is 52.1 Å². The van der Waals surface area contributed by atoms with E-state index in [4.69, 9.17) is 34.8 Å². The summed E-state index contributed by atoms with van der Waals surface area (Å²) in [5.41, 5.74) is 16.2. The van der Waals surface area contributed by atoms with E-state index in [1.165, 1.54) is 11.3 Å². The number of thiazole rings is 1. The Morgan fingerprint density at radius 1 is 1.00 bits per heavy atom. The average molecular weight is 810 g/mol. The summed E-state index contributed by atoms with van der Waals surface area (Å²) in [6.45, 7) is 16.7. The van der Waals surface area contributed by atoms with Crippen LogP contribution in [0.5, 0.6) is 5.75 Å². The fourth-order valence-electron chi connectivity index (χ4n) is 6.78. The number of nitrogen functional groups attached to an aromatic ring is 1. The molecule has 1 saturated heterocycles. The second-order valence-electron chi connectivity index (χ2n) is 13.7. The number of aromatic nitrogens is 6. The third kappa shape index (κ3) is 8.73. The number of morpholine rings is 1. The first kappa shape index (κ1) is 40.1. The summed E-state index contributed by atoms with van der Waals surface area (Å²) in [5, 5.41) is 3.34. The minimum absolute atomic E-state index is 0.116. The highest BCUT2D eigenvalue weighted by Gasteiger charge is 2.22. The lowest BCUT2D eigenvalue weighted by Gasteiger charge is -2.26. The van der Waals surface area contributed by atoms with E-state index in [9.17, 15) is 9.59 Å². The van der Waals surface area contributed by atoms with Crippen LogP contribution in [0.3, 0.4) is 0 Å². The maximum absolute atomic E-state index is 13.4. The van der Waals surface area contributed by atoms with Crippen LogP contribution in [0.15, 0.2) is 57.0 Å². The van der Waals surface area contributed by atoms with Crippen LogP contribution in [0.25, 0.3) is 27.1 Å². The second kappa shape index (κ2) is 17.6. The average Bonchev–Trinajstić information content (AvgIpc) is 3.97. The van der Waals surface area contributed by atoms with Crippen molar-refractivity contribution in [1.82, 2.24) is 34.0 Å². The number of hydrogen-bond donors (Lipinski definition) is 3. The zero-order valence-electron chi connectivity index (χ0n) is 33.0. The van der Waals surface area contributed by atoms with Gasteiger partial charge in [-0.2, -0.15) is 4.99 Å². The number of nitrogens with one attached hydrogen (secondary N) is 1. The minimum Gasteiger partial charge on any atom is -0.491 e. The van der Waals surface area contributed by atoms with Crippen LogP contribution in [-0.2, 0) is 30.7 Å². The Kier molecular flexibility index (Phi) is 12.2. The number of fused-ring (bicyclic) bond motifs is 2. The Bertz CT molecular complexity index is 2590. The molecule has 17 nitrogen and oxygen atoms in total. The number of primary amides is 1. The monoisotopic (exact) mass is 809 g/mol. The fourth-order valence-corrected chi connectivity index (χ4v) is 7.83. The number of aryl methyl sites for hydroxylation is 4. The number of hydrogen-bond acceptors (Lipinski definition) is 14. The van der Waals surface area contributed by atoms with E-state index in [0.29, 0.717) is 114 Å². The van der Waals surface area contributed by atoms with Gasteiger partial charge in [0.05, 0.1) is 59.0 Å². The quantitative estimate of drug-likeness (QED) is 0.0864. The largest absolute Gasteiger partial charge is 0.491 e. The zero-order valence-corrected chi connectivity index (χ0v) is 33.9. The second-order valence-corrected chi connectivity index (χ2v) is 14.7. The summed E-state index contributed by atoms with van der Waals surface area (Å²) in [7, 11) is 0. The molecule has 0 spiro atoms. The van der Waals surface area contributed by atoms with Gasteiger partial charge in [-0.15, -0.1) is 0 Å². The van der Waals surface area contributed by atoms with Gasteiger partial charge in [-0.25, -0.2) is 19.9 Å². The molecular weight excluding hydrogens is 763 g/mol. The molecule has 5 aromatic heterocycles. The van der Waals surface area contributed by atoms with Gasteiger partial charge in [-0.1, -0.05) is 43.9 Å². The predicted molar refractivity (Wildman–Crippen MR) is 221 cm³/mol. The van der Waals surface area contributed by atoms with Gasteiger partial charge in [-0.05, 0) is 37.5 Å². The number of oxazole rings is 2. The van der Waals surface area contributed by atoms with Crippen molar-refractivity contribution in [2.75, 3.05) is 50.5 Å². The molecule has 0 unspecified atom stereocenters. The first-order valence-electron chi connectivity index (χ1n) is 19.2. The maximum Gasteiger partial charge on any atom is 0.317 e. The van der Waals surface area contributed by atoms with Crippen LogP contribution in [-0.4, -0.2) is 85.2 Å². The van der Waals surface area contributed by atoms with E-state index < -0.39 is 11.8 Å². The van der Waals surface area contributed by atoms with Gasteiger partial charge in [0.1, 0.15) is 11.3 Å². The molecule has 0 atom stereocenters. The Labute approximate surface area is 338 Å². The summed E-state index contributed by atoms with van der Waals surface area (Å²) in [6, 6.07) is 5.11. The molecule has 1 fully saturated rings. The van der Waals surface area contributed by atoms with Crippen molar-refractivity contribution in [3.8, 4) is 5.75 Å². The van der Waals surface area contributed by atoms with Gasteiger partial charge in [0.15, 0.2) is 28.0 Å². The molecule has 1 aliphatic heterocycles. The summed E-state index contributed by atoms with van der Waals surface area (Å²) in [6.07, 6.45) is 7.41. The van der Waals surface area contributed by atoms with Crippen molar-refractivity contribution in [2.24, 2.45) is 10.7 Å². The molecule has 0 aliphatic carbocycles. The molecule has 6 aromatic rings. The zero-order chi connectivity index (χ0) is 40.9. The van der Waals surface area contributed by atoms with E-state index in [0.717, 1.165) is 36.4 Å². The van der Waals surface area contributed by atoms with Crippen LogP contribution in [0.1, 0.15) is 70.1 Å². The van der Waals surface area contributed by atoms with E-state index in [2.05, 4.69) is 36.7 Å². The number of carbonyl (C=O) groups is 2. The van der Waals surface area contributed by atoms with Gasteiger partial charge < -0.3 is 39.7 Å². The van der Waals surface area contributed by atoms with Crippen molar-refractivity contribution < 1.29 is 27.9 Å². The van der Waals surface area contributed by atoms with Crippen LogP contribution < -0.4 is 26.3 Å². The number of imidazole rings is 1. The van der Waals surface area contributed by atoms with Gasteiger partial charge in [0.2, 0.25) is 17.6 Å². The fraction of sp³-hybridized carbons (Fsp3) is 0.375. The number of ether oxygens (including phenoxy) is 2. The molecule has 5 N–H and O–H groups in total. The molecular formula is C40H47N11O6S. The Morgan fingerprint density at radius 3 is 2.40 bits per heavy atom. The molecule has 7 rings (SSSR count). The molecule has 58 heavy (non-hydrogen) atoms. The highest BCUT2D eigenvalue weighted by molar-refractivity contribution is 7.16. The summed E-state index contributed by atoms with van der Waals surface area (Å²) in [5.74, 6) is 1.33. The van der Waals surface area contributed by atoms with Crippen molar-refractivity contribution in [2.45, 2.75) is 60.0 Å². The standard InChI is InChI=1S/C40H47N11O6S/c1-6-28-34(56-24(4)45-28)23(3)44-39-47-30-19-26(36(42)52)20-31(55-16-10-11-49-14-17-54-18-15-49)33(30)50(39)12-8-9-13-51-37-32(21-27(41)22-43-37)58-40(51)48-38(53)35-29(7-2)46-25(5)57-35/h8-9,19-22H,3,6-7,10-18,41H2,1-2,4-5H3,(H2,42,52)(H,44,47)/b9-8+,48-40?. The number of rotatable bonds is 16. The van der Waals surface area contributed by atoms with Crippen molar-refractivity contribution >= 4 is 61.9 Å². The highest BCUT2D eigenvalue weighted by atomic mass is 32.1. The van der Waals surface area contributed by atoms with E-state index in [1.807, 2.05) is 35.1 Å². The molecule has 2 amide bonds. The lowest BCUT2D eigenvalue weighted by Crippen LogP contribution is -2.37. The Hall–Kier alpha value is -6.11. The van der Waals surface area contributed by atoms with E-state index in [1.54, 1.807) is 38.2 Å². The summed E-state index contributed by atoms with van der Waals surface area (Å²) < 4.78 is 28.0. The number of nitrogens with two attached hydrogens (primary N) is 2. The van der Waals surface area contributed by atoms with Crippen LogP contribution in [0.2, 0.25) is 0 Å². The number of carbonyl (C=O) groups excluding carboxylic acids is 2. The van der Waals surface area contributed by atoms with E-state index in [-0.39, 0.29) is 11.3 Å². The smallest absolute Gasteiger partial charge is 0.317 e. The van der Waals surface area contributed by atoms with Crippen molar-refractivity contribution in [3.05, 3.63) is 88.2 Å². The predicted octanol–water partition coefficient (Wildman–Crippen LogP) is 5.03. The molecule has 6 heterocycles. The Balaban J connectivity index is 1.23. The van der Waals surface area contributed by atoms with Crippen LogP contribution >= 0.6 is 11.3 Å². The molecule has 18 heteroatoms. The number of allylic oxidation sites excluding steroid dienone is 2. The Morgan fingerprint density at radius 2 is 1.69 bits per heavy atom. The summed E-state index contributed by atoms with van der Waals surface area (Å²) >= 11 is 1.30. The number of pyridine rings is 1. The molecule has 0 radical (unpaired) electrons. The van der Waals surface area contributed by atoms with Crippen LogP contribution in [0.4, 0.5) is 11.6 Å². The van der Waals surface area contributed by atoms with Gasteiger partial charge >= 0.3 is 5.91 Å². The molecule has 1 aromatic carbocycles. The number of benzene rings is 1. The lowest BCUT2D eigenvalue weighted by atomic mass is 10.1. The number of amides is 2. The molecule has 1 aliphatic rings. The maximum atomic E-state index is 13.4. The SMILES string of the molecule is C=C(Nc1nc2cc(C(N)=O)cc(OCCCN3CCOCC3)c2n1C/C=C/Cn1c(=NC(=O)c2oc(C)nc2CC)sc2cc(N)cnc21)c1oc(C)nc1CC. The highest BCUT2D eigenvalue weighted by Crippen LogP contribution is 2.33. The first-order chi connectivity index (χ1) is 28.0. The first-order valence-corrected chi connectivity index (χ1v) is 20.0. The van der Waals surface area contributed by atoms with Crippen molar-refractivity contribution in [3.63, 3.8) is 0 Å². The number of nitrogens with zero attached hydrogens (tertiary/aromatic N) is 8. The number of anilines is 2. The lowest BCUT2D eigenvalue weighted by molar-refractivity contribution is 0.0358. The third-order valence-electron chi connectivity index (χ3n) is 9.56. The van der Waals surface area contributed by atoms with Gasteiger partial charge in [-0.3, -0.25) is 19.1 Å². The summed E-state index contributed by atoms with van der Waals surface area (Å²) in [4.78, 5) is 51.4.